The Morgan fingerprint density at radius 2 is 2.05 bits per heavy atom. The lowest BCUT2D eigenvalue weighted by atomic mass is 9.84. The van der Waals surface area contributed by atoms with Gasteiger partial charge < -0.3 is 10.4 Å². The first-order chi connectivity index (χ1) is 9.18. The van der Waals surface area contributed by atoms with Gasteiger partial charge in [-0.25, -0.2) is 0 Å². The molecule has 1 aromatic heterocycles. The Morgan fingerprint density at radius 3 is 2.50 bits per heavy atom. The average Bonchev–Trinajstić information content (AvgIpc) is 2.70. The SMILES string of the molecule is Cc1ccc(/C=C/C(=O)NC(CC(=O)O)C(C)(C)C)s1. The van der Waals surface area contributed by atoms with Crippen molar-refractivity contribution in [2.45, 2.75) is 40.2 Å². The molecule has 0 aliphatic carbocycles. The van der Waals surface area contributed by atoms with Gasteiger partial charge in [-0.3, -0.25) is 9.59 Å². The van der Waals surface area contributed by atoms with Crippen LogP contribution in [0.3, 0.4) is 0 Å². The van der Waals surface area contributed by atoms with Gasteiger partial charge in [0, 0.05) is 21.9 Å². The lowest BCUT2D eigenvalue weighted by Crippen LogP contribution is -2.44. The van der Waals surface area contributed by atoms with E-state index in [1.54, 1.807) is 17.4 Å². The van der Waals surface area contributed by atoms with E-state index in [2.05, 4.69) is 5.32 Å². The summed E-state index contributed by atoms with van der Waals surface area (Å²) in [4.78, 5) is 24.9. The van der Waals surface area contributed by atoms with Gasteiger partial charge >= 0.3 is 5.97 Å². The van der Waals surface area contributed by atoms with Gasteiger partial charge in [0.25, 0.3) is 0 Å². The first kappa shape index (κ1) is 16.4. The number of amides is 1. The van der Waals surface area contributed by atoms with Gasteiger partial charge in [-0.05, 0) is 30.5 Å². The summed E-state index contributed by atoms with van der Waals surface area (Å²) in [5.74, 6) is -1.18. The van der Waals surface area contributed by atoms with Crippen molar-refractivity contribution in [3.8, 4) is 0 Å². The number of carboxylic acid groups (broad SMARTS) is 1. The summed E-state index contributed by atoms with van der Waals surface area (Å²) < 4.78 is 0. The second-order valence-electron chi connectivity index (χ2n) is 5.81. The van der Waals surface area contributed by atoms with E-state index in [0.717, 1.165) is 4.88 Å². The maximum atomic E-state index is 11.9. The van der Waals surface area contributed by atoms with Crippen molar-refractivity contribution < 1.29 is 14.7 Å². The summed E-state index contributed by atoms with van der Waals surface area (Å²) in [6.07, 6.45) is 3.11. The van der Waals surface area contributed by atoms with E-state index in [-0.39, 0.29) is 17.7 Å². The van der Waals surface area contributed by atoms with Crippen molar-refractivity contribution in [2.24, 2.45) is 5.41 Å². The zero-order valence-corrected chi connectivity index (χ0v) is 13.1. The molecule has 0 fully saturated rings. The van der Waals surface area contributed by atoms with Gasteiger partial charge in [0.1, 0.15) is 0 Å². The number of thiophene rings is 1. The Labute approximate surface area is 123 Å². The second kappa shape index (κ2) is 6.70. The molecule has 0 spiro atoms. The Hall–Kier alpha value is -1.62. The number of nitrogens with one attached hydrogen (secondary N) is 1. The fourth-order valence-corrected chi connectivity index (χ4v) is 2.45. The molecule has 0 aliphatic heterocycles. The zero-order valence-electron chi connectivity index (χ0n) is 12.3. The number of hydrogen-bond donors (Lipinski definition) is 2. The third kappa shape index (κ3) is 5.57. The third-order valence-corrected chi connectivity index (χ3v) is 3.87. The molecule has 1 amide bonds. The number of aryl methyl sites for hydroxylation is 1. The first-order valence-corrected chi connectivity index (χ1v) is 7.27. The van der Waals surface area contributed by atoms with Crippen LogP contribution < -0.4 is 5.32 Å². The van der Waals surface area contributed by atoms with E-state index in [0.29, 0.717) is 0 Å². The number of carboxylic acids is 1. The summed E-state index contributed by atoms with van der Waals surface area (Å²) in [5, 5.41) is 11.7. The smallest absolute Gasteiger partial charge is 0.305 e. The predicted molar refractivity (Wildman–Crippen MR) is 81.7 cm³/mol. The van der Waals surface area contributed by atoms with Crippen molar-refractivity contribution in [1.82, 2.24) is 5.32 Å². The largest absolute Gasteiger partial charge is 0.481 e. The van der Waals surface area contributed by atoms with Crippen LogP contribution in [0, 0.1) is 12.3 Å². The lowest BCUT2D eigenvalue weighted by molar-refractivity contribution is -0.138. The zero-order chi connectivity index (χ0) is 15.3. The van der Waals surface area contributed by atoms with E-state index in [1.807, 2.05) is 39.8 Å². The van der Waals surface area contributed by atoms with Crippen LogP contribution in [0.1, 0.15) is 36.9 Å². The second-order valence-corrected chi connectivity index (χ2v) is 7.13. The first-order valence-electron chi connectivity index (χ1n) is 6.45. The van der Waals surface area contributed by atoms with Crippen molar-refractivity contribution in [3.63, 3.8) is 0 Å². The van der Waals surface area contributed by atoms with Crippen LogP contribution >= 0.6 is 11.3 Å². The van der Waals surface area contributed by atoms with Crippen LogP contribution in [0.15, 0.2) is 18.2 Å². The molecule has 1 rings (SSSR count). The molecule has 0 saturated carbocycles. The van der Waals surface area contributed by atoms with Crippen molar-refractivity contribution in [3.05, 3.63) is 28.0 Å². The summed E-state index contributed by atoms with van der Waals surface area (Å²) in [6, 6.07) is 3.54. The minimum absolute atomic E-state index is 0.0822. The molecular formula is C15H21NO3S. The molecule has 0 saturated heterocycles. The molecule has 110 valence electrons. The van der Waals surface area contributed by atoms with Gasteiger partial charge in [0.05, 0.1) is 6.42 Å². The summed E-state index contributed by atoms with van der Waals surface area (Å²) in [6.45, 7) is 7.73. The Balaban J connectivity index is 2.66. The number of carbonyl (C=O) groups is 2. The molecule has 0 radical (unpaired) electrons. The standard InChI is InChI=1S/C15H21NO3S/c1-10-5-6-11(20-10)7-8-13(17)16-12(9-14(18)19)15(2,3)4/h5-8,12H,9H2,1-4H3,(H,16,17)(H,18,19)/b8-7+. The van der Waals surface area contributed by atoms with E-state index < -0.39 is 12.0 Å². The van der Waals surface area contributed by atoms with Crippen LogP contribution in [0.2, 0.25) is 0 Å². The Morgan fingerprint density at radius 1 is 1.40 bits per heavy atom. The molecule has 1 heterocycles. The summed E-state index contributed by atoms with van der Waals surface area (Å²) in [5.41, 5.74) is -0.304. The topological polar surface area (TPSA) is 66.4 Å². The fraction of sp³-hybridized carbons (Fsp3) is 0.467. The molecule has 20 heavy (non-hydrogen) atoms. The number of carbonyl (C=O) groups excluding carboxylic acids is 1. The maximum absolute atomic E-state index is 11.9. The third-order valence-electron chi connectivity index (χ3n) is 2.90. The molecular weight excluding hydrogens is 274 g/mol. The lowest BCUT2D eigenvalue weighted by Gasteiger charge is -2.29. The normalized spacial score (nSPS) is 13.4. The number of rotatable bonds is 5. The van der Waals surface area contributed by atoms with Crippen molar-refractivity contribution in [2.75, 3.05) is 0 Å². The van der Waals surface area contributed by atoms with E-state index in [1.165, 1.54) is 11.0 Å². The molecule has 1 aromatic rings. The van der Waals surface area contributed by atoms with Crippen LogP contribution in [0.4, 0.5) is 0 Å². The molecule has 5 heteroatoms. The van der Waals surface area contributed by atoms with Crippen molar-refractivity contribution in [1.29, 1.82) is 0 Å². The summed E-state index contributed by atoms with van der Waals surface area (Å²) in [7, 11) is 0. The highest BCUT2D eigenvalue weighted by Crippen LogP contribution is 2.22. The molecule has 0 aromatic carbocycles. The highest BCUT2D eigenvalue weighted by atomic mass is 32.1. The molecule has 1 unspecified atom stereocenters. The van der Waals surface area contributed by atoms with Crippen LogP contribution in [-0.2, 0) is 9.59 Å². The number of hydrogen-bond acceptors (Lipinski definition) is 3. The molecule has 2 N–H and O–H groups in total. The van der Waals surface area contributed by atoms with E-state index in [4.69, 9.17) is 5.11 Å². The molecule has 0 bridgehead atoms. The van der Waals surface area contributed by atoms with E-state index in [9.17, 15) is 9.59 Å². The highest BCUT2D eigenvalue weighted by Gasteiger charge is 2.27. The molecule has 4 nitrogen and oxygen atoms in total. The van der Waals surface area contributed by atoms with Gasteiger partial charge in [-0.15, -0.1) is 11.3 Å². The summed E-state index contributed by atoms with van der Waals surface area (Å²) >= 11 is 1.60. The quantitative estimate of drug-likeness (QED) is 0.820. The predicted octanol–water partition coefficient (Wildman–Crippen LogP) is 3.08. The van der Waals surface area contributed by atoms with Crippen molar-refractivity contribution >= 4 is 29.3 Å². The Kier molecular flexibility index (Phi) is 5.51. The fourth-order valence-electron chi connectivity index (χ4n) is 1.67. The maximum Gasteiger partial charge on any atom is 0.305 e. The van der Waals surface area contributed by atoms with Crippen LogP contribution in [0.25, 0.3) is 6.08 Å². The minimum atomic E-state index is -0.914. The molecule has 1 atom stereocenters. The number of aliphatic carboxylic acids is 1. The van der Waals surface area contributed by atoms with Crippen LogP contribution in [0.5, 0.6) is 0 Å². The van der Waals surface area contributed by atoms with Gasteiger partial charge in [-0.1, -0.05) is 20.8 Å². The van der Waals surface area contributed by atoms with Crippen LogP contribution in [-0.4, -0.2) is 23.0 Å². The average molecular weight is 295 g/mol. The minimum Gasteiger partial charge on any atom is -0.481 e. The van der Waals surface area contributed by atoms with E-state index >= 15 is 0 Å². The highest BCUT2D eigenvalue weighted by molar-refractivity contribution is 7.12. The Bertz CT molecular complexity index is 511. The molecule has 0 aliphatic rings. The van der Waals surface area contributed by atoms with Gasteiger partial charge in [-0.2, -0.15) is 0 Å². The van der Waals surface area contributed by atoms with Gasteiger partial charge in [0.2, 0.25) is 5.91 Å². The van der Waals surface area contributed by atoms with Gasteiger partial charge in [0.15, 0.2) is 0 Å². The monoisotopic (exact) mass is 295 g/mol.